The Balaban J connectivity index is 1.53. The lowest BCUT2D eigenvalue weighted by Gasteiger charge is -2.26. The molecule has 0 spiro atoms. The molecular weight excluding hydrogens is 241 g/mol. The van der Waals surface area contributed by atoms with Gasteiger partial charge in [0.05, 0.1) is 0 Å². The van der Waals surface area contributed by atoms with Gasteiger partial charge in [-0.2, -0.15) is 0 Å². The second kappa shape index (κ2) is 4.04. The first-order chi connectivity index (χ1) is 9.22. The van der Waals surface area contributed by atoms with Crippen molar-refractivity contribution >= 4 is 5.84 Å². The van der Waals surface area contributed by atoms with Crippen LogP contribution in [-0.4, -0.2) is 40.8 Å². The van der Waals surface area contributed by atoms with Crippen molar-refractivity contribution in [3.8, 4) is 0 Å². The van der Waals surface area contributed by atoms with Crippen LogP contribution < -0.4 is 0 Å². The van der Waals surface area contributed by atoms with Gasteiger partial charge >= 0.3 is 0 Å². The van der Waals surface area contributed by atoms with E-state index in [-0.39, 0.29) is 5.82 Å². The summed E-state index contributed by atoms with van der Waals surface area (Å²) >= 11 is 0. The maximum atomic E-state index is 13.3. The van der Waals surface area contributed by atoms with Crippen LogP contribution in [0.25, 0.3) is 0 Å². The molecule has 1 saturated heterocycles. The number of hydrogen-bond acceptors (Lipinski definition) is 2. The van der Waals surface area contributed by atoms with E-state index in [0.717, 1.165) is 43.2 Å². The fourth-order valence-electron chi connectivity index (χ4n) is 3.43. The third-order valence-corrected chi connectivity index (χ3v) is 4.65. The number of benzene rings is 1. The van der Waals surface area contributed by atoms with Crippen molar-refractivity contribution in [3.05, 3.63) is 35.1 Å². The van der Waals surface area contributed by atoms with Crippen molar-refractivity contribution in [1.29, 1.82) is 5.41 Å². The van der Waals surface area contributed by atoms with Crippen LogP contribution in [0.1, 0.15) is 30.4 Å². The molecule has 2 aliphatic heterocycles. The summed E-state index contributed by atoms with van der Waals surface area (Å²) in [6, 6.07) is 6.07. The fraction of sp³-hybridized carbons (Fsp3) is 0.533. The lowest BCUT2D eigenvalue weighted by molar-refractivity contribution is 0.274. The molecule has 1 unspecified atom stereocenters. The minimum Gasteiger partial charge on any atom is -0.348 e. The van der Waals surface area contributed by atoms with E-state index in [1.54, 1.807) is 0 Å². The SMILES string of the molecule is N=C1c2cc(F)ccc2CN1C1CCN(C2CC2)C1. The minimum atomic E-state index is -0.239. The molecule has 100 valence electrons. The molecule has 2 fully saturated rings. The molecule has 0 amide bonds. The molecule has 2 heterocycles. The molecular formula is C15H18FN3. The van der Waals surface area contributed by atoms with Crippen molar-refractivity contribution in [1.82, 2.24) is 9.80 Å². The second-order valence-corrected chi connectivity index (χ2v) is 5.95. The predicted molar refractivity (Wildman–Crippen MR) is 71.8 cm³/mol. The molecule has 1 N–H and O–H groups in total. The van der Waals surface area contributed by atoms with E-state index in [1.807, 2.05) is 6.07 Å². The van der Waals surface area contributed by atoms with E-state index in [2.05, 4.69) is 9.80 Å². The summed E-state index contributed by atoms with van der Waals surface area (Å²) in [6.07, 6.45) is 3.82. The van der Waals surface area contributed by atoms with Crippen LogP contribution in [0.5, 0.6) is 0 Å². The summed E-state index contributed by atoms with van der Waals surface area (Å²) in [4.78, 5) is 4.72. The summed E-state index contributed by atoms with van der Waals surface area (Å²) in [7, 11) is 0. The summed E-state index contributed by atoms with van der Waals surface area (Å²) < 4.78 is 13.3. The molecule has 4 heteroatoms. The summed E-state index contributed by atoms with van der Waals surface area (Å²) in [6.45, 7) is 3.00. The lowest BCUT2D eigenvalue weighted by Crippen LogP contribution is -2.38. The van der Waals surface area contributed by atoms with Crippen molar-refractivity contribution in [3.63, 3.8) is 0 Å². The van der Waals surface area contributed by atoms with Crippen LogP contribution in [-0.2, 0) is 6.54 Å². The molecule has 1 atom stereocenters. The first kappa shape index (κ1) is 11.4. The van der Waals surface area contributed by atoms with Gasteiger partial charge in [0.15, 0.2) is 0 Å². The third kappa shape index (κ3) is 1.86. The van der Waals surface area contributed by atoms with Gasteiger partial charge in [0.1, 0.15) is 11.7 Å². The lowest BCUT2D eigenvalue weighted by atomic mass is 10.1. The number of amidine groups is 1. The predicted octanol–water partition coefficient (Wildman–Crippen LogP) is 2.20. The number of fused-ring (bicyclic) bond motifs is 1. The number of likely N-dealkylation sites (tertiary alicyclic amines) is 1. The van der Waals surface area contributed by atoms with Crippen molar-refractivity contribution in [2.24, 2.45) is 0 Å². The van der Waals surface area contributed by atoms with E-state index >= 15 is 0 Å². The average molecular weight is 259 g/mol. The van der Waals surface area contributed by atoms with Gasteiger partial charge in [-0.05, 0) is 37.0 Å². The Kier molecular flexibility index (Phi) is 2.42. The Bertz CT molecular complexity index is 538. The number of halogens is 1. The van der Waals surface area contributed by atoms with Gasteiger partial charge in [-0.3, -0.25) is 10.3 Å². The highest BCUT2D eigenvalue weighted by molar-refractivity contribution is 6.00. The van der Waals surface area contributed by atoms with Crippen LogP contribution in [0, 0.1) is 11.2 Å². The molecule has 1 aliphatic carbocycles. The molecule has 1 saturated carbocycles. The van der Waals surface area contributed by atoms with E-state index in [9.17, 15) is 4.39 Å². The molecule has 3 nitrogen and oxygen atoms in total. The van der Waals surface area contributed by atoms with Gasteiger partial charge in [-0.25, -0.2) is 4.39 Å². The zero-order chi connectivity index (χ0) is 13.0. The molecule has 1 aromatic carbocycles. The molecule has 19 heavy (non-hydrogen) atoms. The first-order valence-electron chi connectivity index (χ1n) is 7.10. The van der Waals surface area contributed by atoms with Gasteiger partial charge in [0, 0.05) is 37.3 Å². The third-order valence-electron chi connectivity index (χ3n) is 4.65. The second-order valence-electron chi connectivity index (χ2n) is 5.95. The Labute approximate surface area is 112 Å². The largest absolute Gasteiger partial charge is 0.348 e. The van der Waals surface area contributed by atoms with Crippen LogP contribution in [0.15, 0.2) is 18.2 Å². The van der Waals surface area contributed by atoms with Gasteiger partial charge in [0.2, 0.25) is 0 Å². The molecule has 0 bridgehead atoms. The van der Waals surface area contributed by atoms with Gasteiger partial charge in [-0.1, -0.05) is 6.07 Å². The van der Waals surface area contributed by atoms with Crippen LogP contribution in [0.3, 0.4) is 0 Å². The summed E-state index contributed by atoms with van der Waals surface area (Å²) in [5, 5.41) is 8.28. The Hall–Kier alpha value is -1.42. The standard InChI is InChI=1S/C15H18FN3/c16-11-2-1-10-8-19(15(17)14(10)7-11)13-5-6-18(9-13)12-3-4-12/h1-2,7,12-13,17H,3-6,8-9H2. The number of nitrogens with one attached hydrogen (secondary N) is 1. The maximum absolute atomic E-state index is 13.3. The molecule has 4 rings (SSSR count). The minimum absolute atomic E-state index is 0.239. The fourth-order valence-corrected chi connectivity index (χ4v) is 3.43. The summed E-state index contributed by atoms with van der Waals surface area (Å²) in [5.74, 6) is 0.272. The first-order valence-corrected chi connectivity index (χ1v) is 7.10. The Morgan fingerprint density at radius 3 is 2.79 bits per heavy atom. The smallest absolute Gasteiger partial charge is 0.129 e. The highest BCUT2D eigenvalue weighted by Gasteiger charge is 2.39. The topological polar surface area (TPSA) is 30.3 Å². The monoisotopic (exact) mass is 259 g/mol. The highest BCUT2D eigenvalue weighted by Crippen LogP contribution is 2.33. The van der Waals surface area contributed by atoms with Crippen LogP contribution >= 0.6 is 0 Å². The van der Waals surface area contributed by atoms with E-state index in [0.29, 0.717) is 11.9 Å². The number of hydrogen-bond donors (Lipinski definition) is 1. The van der Waals surface area contributed by atoms with Gasteiger partial charge < -0.3 is 4.90 Å². The number of nitrogens with zero attached hydrogens (tertiary/aromatic N) is 2. The molecule has 3 aliphatic rings. The van der Waals surface area contributed by atoms with Crippen LogP contribution in [0.4, 0.5) is 4.39 Å². The van der Waals surface area contributed by atoms with Crippen molar-refractivity contribution in [2.45, 2.75) is 37.9 Å². The van der Waals surface area contributed by atoms with Gasteiger partial charge in [-0.15, -0.1) is 0 Å². The van der Waals surface area contributed by atoms with E-state index < -0.39 is 0 Å². The zero-order valence-electron chi connectivity index (χ0n) is 10.9. The van der Waals surface area contributed by atoms with E-state index in [4.69, 9.17) is 5.41 Å². The zero-order valence-corrected chi connectivity index (χ0v) is 10.9. The van der Waals surface area contributed by atoms with Crippen molar-refractivity contribution < 1.29 is 4.39 Å². The highest BCUT2D eigenvalue weighted by atomic mass is 19.1. The normalized spacial score (nSPS) is 27.1. The Morgan fingerprint density at radius 1 is 1.16 bits per heavy atom. The summed E-state index contributed by atoms with van der Waals surface area (Å²) in [5.41, 5.74) is 1.88. The van der Waals surface area contributed by atoms with Crippen LogP contribution in [0.2, 0.25) is 0 Å². The molecule has 0 radical (unpaired) electrons. The molecule has 0 aromatic heterocycles. The average Bonchev–Trinajstić information content (AvgIpc) is 3.06. The van der Waals surface area contributed by atoms with Crippen molar-refractivity contribution in [2.75, 3.05) is 13.1 Å². The molecule has 1 aromatic rings. The maximum Gasteiger partial charge on any atom is 0.129 e. The Morgan fingerprint density at radius 2 is 2.00 bits per heavy atom. The van der Waals surface area contributed by atoms with E-state index in [1.165, 1.54) is 25.0 Å². The quantitative estimate of drug-likeness (QED) is 0.882. The van der Waals surface area contributed by atoms with Gasteiger partial charge in [0.25, 0.3) is 0 Å². The number of rotatable bonds is 2.